The van der Waals surface area contributed by atoms with E-state index in [1.54, 1.807) is 13.4 Å². The van der Waals surface area contributed by atoms with Crippen molar-refractivity contribution in [3.8, 4) is 5.88 Å². The molecular formula is C12H18BrN3O. The standard InChI is InChI=1S/C12H18BrN3O/c1-9-11(14-8-15-12(9)17-2)16(7-6-13)10-4-3-5-10/h8,10H,3-7H2,1-2H3. The minimum Gasteiger partial charge on any atom is -0.481 e. The van der Waals surface area contributed by atoms with E-state index in [-0.39, 0.29) is 0 Å². The Morgan fingerprint density at radius 1 is 1.47 bits per heavy atom. The van der Waals surface area contributed by atoms with Gasteiger partial charge in [-0.05, 0) is 26.2 Å². The van der Waals surface area contributed by atoms with Crippen LogP contribution in [0.15, 0.2) is 6.33 Å². The maximum atomic E-state index is 5.26. The van der Waals surface area contributed by atoms with Crippen molar-refractivity contribution in [2.45, 2.75) is 32.2 Å². The summed E-state index contributed by atoms with van der Waals surface area (Å²) in [6.45, 7) is 3.00. The molecule has 0 aromatic carbocycles. The molecule has 1 aromatic heterocycles. The molecule has 1 aromatic rings. The van der Waals surface area contributed by atoms with Gasteiger partial charge in [-0.3, -0.25) is 0 Å². The van der Waals surface area contributed by atoms with Crippen LogP contribution >= 0.6 is 15.9 Å². The lowest BCUT2D eigenvalue weighted by Crippen LogP contribution is -2.42. The van der Waals surface area contributed by atoms with E-state index in [9.17, 15) is 0 Å². The first-order valence-electron chi connectivity index (χ1n) is 5.96. The van der Waals surface area contributed by atoms with Crippen molar-refractivity contribution in [3.63, 3.8) is 0 Å². The fourth-order valence-electron chi connectivity index (χ4n) is 2.17. The molecule has 5 heteroatoms. The molecule has 1 aliphatic rings. The third-order valence-electron chi connectivity index (χ3n) is 3.32. The molecule has 1 aliphatic carbocycles. The average molecular weight is 300 g/mol. The Balaban J connectivity index is 2.28. The molecule has 0 N–H and O–H groups in total. The van der Waals surface area contributed by atoms with Crippen LogP contribution in [0.2, 0.25) is 0 Å². The molecule has 1 fully saturated rings. The first-order chi connectivity index (χ1) is 8.27. The van der Waals surface area contributed by atoms with Gasteiger partial charge in [0.2, 0.25) is 5.88 Å². The number of ether oxygens (including phenoxy) is 1. The van der Waals surface area contributed by atoms with Crippen LogP contribution in [0.1, 0.15) is 24.8 Å². The Labute approximate surface area is 111 Å². The van der Waals surface area contributed by atoms with Crippen molar-refractivity contribution in [1.29, 1.82) is 0 Å². The number of aromatic nitrogens is 2. The second kappa shape index (κ2) is 5.67. The Morgan fingerprint density at radius 2 is 2.24 bits per heavy atom. The van der Waals surface area contributed by atoms with Gasteiger partial charge in [0.05, 0.1) is 12.7 Å². The number of alkyl halides is 1. The third kappa shape index (κ3) is 2.54. The molecule has 0 saturated heterocycles. The highest BCUT2D eigenvalue weighted by molar-refractivity contribution is 9.09. The first kappa shape index (κ1) is 12.6. The summed E-state index contributed by atoms with van der Waals surface area (Å²) >= 11 is 3.51. The third-order valence-corrected chi connectivity index (χ3v) is 3.67. The van der Waals surface area contributed by atoms with Gasteiger partial charge in [-0.2, -0.15) is 0 Å². The van der Waals surface area contributed by atoms with Crippen molar-refractivity contribution in [3.05, 3.63) is 11.9 Å². The monoisotopic (exact) mass is 299 g/mol. The summed E-state index contributed by atoms with van der Waals surface area (Å²) in [5, 5.41) is 0.954. The van der Waals surface area contributed by atoms with Crippen molar-refractivity contribution in [2.24, 2.45) is 0 Å². The zero-order chi connectivity index (χ0) is 12.3. The van der Waals surface area contributed by atoms with Crippen LogP contribution in [0.3, 0.4) is 0 Å². The lowest BCUT2D eigenvalue weighted by molar-refractivity contribution is 0.380. The van der Waals surface area contributed by atoms with E-state index in [4.69, 9.17) is 4.74 Å². The van der Waals surface area contributed by atoms with Crippen molar-refractivity contribution in [2.75, 3.05) is 23.9 Å². The predicted molar refractivity (Wildman–Crippen MR) is 72.1 cm³/mol. The Morgan fingerprint density at radius 3 is 2.76 bits per heavy atom. The molecule has 0 bridgehead atoms. The second-order valence-electron chi connectivity index (χ2n) is 4.30. The predicted octanol–water partition coefficient (Wildman–Crippen LogP) is 2.55. The Kier molecular flexibility index (Phi) is 4.20. The van der Waals surface area contributed by atoms with E-state index in [1.807, 2.05) is 6.92 Å². The van der Waals surface area contributed by atoms with E-state index in [2.05, 4.69) is 30.8 Å². The lowest BCUT2D eigenvalue weighted by Gasteiger charge is -2.38. The van der Waals surface area contributed by atoms with E-state index in [0.717, 1.165) is 23.3 Å². The fourth-order valence-corrected chi connectivity index (χ4v) is 2.55. The van der Waals surface area contributed by atoms with Gasteiger partial charge in [0, 0.05) is 17.9 Å². The lowest BCUT2D eigenvalue weighted by atomic mass is 9.91. The average Bonchev–Trinajstić information content (AvgIpc) is 2.26. The number of hydrogen-bond acceptors (Lipinski definition) is 4. The molecule has 0 atom stereocenters. The Hall–Kier alpha value is -0.840. The molecule has 0 unspecified atom stereocenters. The first-order valence-corrected chi connectivity index (χ1v) is 7.08. The van der Waals surface area contributed by atoms with Crippen LogP contribution in [0.5, 0.6) is 5.88 Å². The number of hydrogen-bond donors (Lipinski definition) is 0. The van der Waals surface area contributed by atoms with Gasteiger partial charge in [-0.25, -0.2) is 9.97 Å². The van der Waals surface area contributed by atoms with Crippen LogP contribution in [-0.4, -0.2) is 35.0 Å². The summed E-state index contributed by atoms with van der Waals surface area (Å²) < 4.78 is 5.26. The van der Waals surface area contributed by atoms with Gasteiger partial charge < -0.3 is 9.64 Å². The minimum atomic E-state index is 0.630. The molecule has 2 rings (SSSR count). The molecule has 4 nitrogen and oxygen atoms in total. The van der Waals surface area contributed by atoms with Gasteiger partial charge in [-0.15, -0.1) is 0 Å². The second-order valence-corrected chi connectivity index (χ2v) is 5.09. The van der Waals surface area contributed by atoms with E-state index >= 15 is 0 Å². The molecule has 1 heterocycles. The number of rotatable bonds is 5. The topological polar surface area (TPSA) is 38.3 Å². The molecule has 17 heavy (non-hydrogen) atoms. The van der Waals surface area contributed by atoms with Crippen molar-refractivity contribution < 1.29 is 4.74 Å². The molecule has 94 valence electrons. The molecule has 1 saturated carbocycles. The zero-order valence-corrected chi connectivity index (χ0v) is 11.9. The number of anilines is 1. The van der Waals surface area contributed by atoms with Crippen molar-refractivity contribution >= 4 is 21.7 Å². The number of nitrogens with zero attached hydrogens (tertiary/aromatic N) is 3. The van der Waals surface area contributed by atoms with Gasteiger partial charge in [-0.1, -0.05) is 15.9 Å². The summed E-state index contributed by atoms with van der Waals surface area (Å²) in [4.78, 5) is 10.9. The SMILES string of the molecule is COc1ncnc(N(CCBr)C2CCC2)c1C. The molecule has 0 aliphatic heterocycles. The summed E-state index contributed by atoms with van der Waals surface area (Å²) in [6, 6.07) is 0.630. The molecule has 0 spiro atoms. The van der Waals surface area contributed by atoms with Crippen LogP contribution in [0.25, 0.3) is 0 Å². The molecule has 0 radical (unpaired) electrons. The fraction of sp³-hybridized carbons (Fsp3) is 0.667. The maximum absolute atomic E-state index is 5.26. The van der Waals surface area contributed by atoms with Gasteiger partial charge in [0.15, 0.2) is 0 Å². The van der Waals surface area contributed by atoms with Crippen molar-refractivity contribution in [1.82, 2.24) is 9.97 Å². The van der Waals surface area contributed by atoms with Gasteiger partial charge >= 0.3 is 0 Å². The van der Waals surface area contributed by atoms with Crippen LogP contribution in [0, 0.1) is 6.92 Å². The number of methoxy groups -OCH3 is 1. The zero-order valence-electron chi connectivity index (χ0n) is 10.3. The summed E-state index contributed by atoms with van der Waals surface area (Å²) in [5.41, 5.74) is 1.03. The van der Waals surface area contributed by atoms with Crippen LogP contribution < -0.4 is 9.64 Å². The highest BCUT2D eigenvalue weighted by atomic mass is 79.9. The Bertz CT molecular complexity index is 382. The van der Waals surface area contributed by atoms with Gasteiger partial charge in [0.25, 0.3) is 0 Å². The summed E-state index contributed by atoms with van der Waals surface area (Å²) in [7, 11) is 1.65. The summed E-state index contributed by atoms with van der Waals surface area (Å²) in [5.74, 6) is 1.69. The highest BCUT2D eigenvalue weighted by Gasteiger charge is 2.27. The molecular weight excluding hydrogens is 282 g/mol. The smallest absolute Gasteiger partial charge is 0.221 e. The normalized spacial score (nSPS) is 15.5. The van der Waals surface area contributed by atoms with Gasteiger partial charge in [0.1, 0.15) is 12.1 Å². The number of halogens is 1. The quantitative estimate of drug-likeness (QED) is 0.783. The largest absolute Gasteiger partial charge is 0.481 e. The maximum Gasteiger partial charge on any atom is 0.221 e. The highest BCUT2D eigenvalue weighted by Crippen LogP contribution is 2.32. The van der Waals surface area contributed by atoms with E-state index in [1.165, 1.54) is 19.3 Å². The minimum absolute atomic E-state index is 0.630. The van der Waals surface area contributed by atoms with E-state index < -0.39 is 0 Å². The summed E-state index contributed by atoms with van der Waals surface area (Å²) in [6.07, 6.45) is 5.43. The molecule has 0 amide bonds. The van der Waals surface area contributed by atoms with E-state index in [0.29, 0.717) is 11.9 Å². The van der Waals surface area contributed by atoms with Crippen LogP contribution in [-0.2, 0) is 0 Å². The van der Waals surface area contributed by atoms with Crippen LogP contribution in [0.4, 0.5) is 5.82 Å².